The molecule has 0 unspecified atom stereocenters. The first-order valence-electron chi connectivity index (χ1n) is 4.61. The average Bonchev–Trinajstić information content (AvgIpc) is 2.23. The third kappa shape index (κ3) is 1.64. The molecule has 14 heavy (non-hydrogen) atoms. The average molecular weight is 184 g/mol. The molecule has 2 nitrogen and oxygen atoms in total. The fourth-order valence-electron chi connectivity index (χ4n) is 1.30. The molecule has 0 atom stereocenters. The van der Waals surface area contributed by atoms with Crippen molar-refractivity contribution in [1.82, 2.24) is 9.97 Å². The van der Waals surface area contributed by atoms with E-state index in [9.17, 15) is 0 Å². The predicted molar refractivity (Wildman–Crippen MR) is 56.9 cm³/mol. The van der Waals surface area contributed by atoms with E-state index in [1.807, 2.05) is 24.5 Å². The summed E-state index contributed by atoms with van der Waals surface area (Å²) in [5.74, 6) is 0. The van der Waals surface area contributed by atoms with Gasteiger partial charge in [-0.3, -0.25) is 9.97 Å². The van der Waals surface area contributed by atoms with Gasteiger partial charge in [-0.05, 0) is 43.2 Å². The molecule has 0 spiro atoms. The van der Waals surface area contributed by atoms with Crippen LogP contribution in [0.4, 0.5) is 0 Å². The molecule has 0 aromatic carbocycles. The van der Waals surface area contributed by atoms with E-state index in [1.165, 1.54) is 11.1 Å². The van der Waals surface area contributed by atoms with Crippen LogP contribution in [0.3, 0.4) is 0 Å². The zero-order chi connectivity index (χ0) is 9.97. The van der Waals surface area contributed by atoms with Crippen molar-refractivity contribution < 1.29 is 0 Å². The van der Waals surface area contributed by atoms with E-state index >= 15 is 0 Å². The summed E-state index contributed by atoms with van der Waals surface area (Å²) >= 11 is 0. The molecular weight excluding hydrogens is 172 g/mol. The summed E-state index contributed by atoms with van der Waals surface area (Å²) in [4.78, 5) is 8.44. The first-order valence-corrected chi connectivity index (χ1v) is 4.61. The number of rotatable bonds is 1. The van der Waals surface area contributed by atoms with Crippen molar-refractivity contribution in [1.29, 1.82) is 0 Å². The van der Waals surface area contributed by atoms with Gasteiger partial charge >= 0.3 is 0 Å². The van der Waals surface area contributed by atoms with Gasteiger partial charge in [0, 0.05) is 24.2 Å². The van der Waals surface area contributed by atoms with Crippen molar-refractivity contribution in [3.05, 3.63) is 47.9 Å². The van der Waals surface area contributed by atoms with Crippen LogP contribution < -0.4 is 0 Å². The Morgan fingerprint density at radius 3 is 2.57 bits per heavy atom. The first-order chi connectivity index (χ1) is 6.77. The fraction of sp³-hybridized carbons (Fsp3) is 0.167. The summed E-state index contributed by atoms with van der Waals surface area (Å²) in [6.07, 6.45) is 5.50. The standard InChI is InChI=1S/C12H12N2/c1-9-6-12(14-7-10(9)2)11-4-3-5-13-8-11/h3-8H,1-2H3. The predicted octanol–water partition coefficient (Wildman–Crippen LogP) is 2.76. The van der Waals surface area contributed by atoms with E-state index in [4.69, 9.17) is 0 Å². The van der Waals surface area contributed by atoms with Crippen molar-refractivity contribution in [3.8, 4) is 11.3 Å². The van der Waals surface area contributed by atoms with Gasteiger partial charge in [0.25, 0.3) is 0 Å². The molecule has 0 aliphatic carbocycles. The fourth-order valence-corrected chi connectivity index (χ4v) is 1.30. The molecule has 2 heterocycles. The summed E-state index contributed by atoms with van der Waals surface area (Å²) in [6, 6.07) is 6.03. The van der Waals surface area contributed by atoms with Crippen LogP contribution in [0.1, 0.15) is 11.1 Å². The second-order valence-corrected chi connectivity index (χ2v) is 3.40. The molecule has 2 aromatic rings. The van der Waals surface area contributed by atoms with Crippen LogP contribution in [-0.4, -0.2) is 9.97 Å². The molecule has 2 rings (SSSR count). The Kier molecular flexibility index (Phi) is 2.27. The van der Waals surface area contributed by atoms with E-state index in [0.29, 0.717) is 0 Å². The topological polar surface area (TPSA) is 25.8 Å². The van der Waals surface area contributed by atoms with Gasteiger partial charge in [0.2, 0.25) is 0 Å². The second-order valence-electron chi connectivity index (χ2n) is 3.40. The van der Waals surface area contributed by atoms with Gasteiger partial charge in [0.1, 0.15) is 0 Å². The van der Waals surface area contributed by atoms with E-state index in [2.05, 4.69) is 29.9 Å². The number of pyridine rings is 2. The van der Waals surface area contributed by atoms with Crippen molar-refractivity contribution in [2.75, 3.05) is 0 Å². The lowest BCUT2D eigenvalue weighted by molar-refractivity contribution is 1.21. The Morgan fingerprint density at radius 2 is 1.93 bits per heavy atom. The zero-order valence-electron chi connectivity index (χ0n) is 8.36. The van der Waals surface area contributed by atoms with Crippen molar-refractivity contribution in [3.63, 3.8) is 0 Å². The molecule has 2 heteroatoms. The molecule has 0 N–H and O–H groups in total. The van der Waals surface area contributed by atoms with Gasteiger partial charge in [0.05, 0.1) is 5.69 Å². The van der Waals surface area contributed by atoms with Gasteiger partial charge in [-0.15, -0.1) is 0 Å². The maximum atomic E-state index is 4.37. The molecule has 2 aromatic heterocycles. The minimum atomic E-state index is 0.987. The normalized spacial score (nSPS) is 10.1. The molecule has 0 fully saturated rings. The van der Waals surface area contributed by atoms with Crippen LogP contribution in [0.2, 0.25) is 0 Å². The lowest BCUT2D eigenvalue weighted by Crippen LogP contribution is -1.88. The minimum Gasteiger partial charge on any atom is -0.264 e. The van der Waals surface area contributed by atoms with E-state index in [0.717, 1.165) is 11.3 Å². The summed E-state index contributed by atoms with van der Waals surface area (Å²) < 4.78 is 0. The van der Waals surface area contributed by atoms with E-state index in [-0.39, 0.29) is 0 Å². The van der Waals surface area contributed by atoms with Crippen LogP contribution in [0.5, 0.6) is 0 Å². The SMILES string of the molecule is Cc1cnc(-c2cccnc2)cc1C. The molecule has 0 aliphatic heterocycles. The Labute approximate surface area is 83.7 Å². The summed E-state index contributed by atoms with van der Waals surface area (Å²) in [5.41, 5.74) is 4.54. The highest BCUT2D eigenvalue weighted by atomic mass is 14.7. The van der Waals surface area contributed by atoms with Crippen molar-refractivity contribution in [2.24, 2.45) is 0 Å². The molecule has 0 bridgehead atoms. The third-order valence-electron chi connectivity index (χ3n) is 2.33. The van der Waals surface area contributed by atoms with Crippen molar-refractivity contribution >= 4 is 0 Å². The van der Waals surface area contributed by atoms with Gasteiger partial charge in [-0.2, -0.15) is 0 Å². The second kappa shape index (κ2) is 3.58. The molecule has 70 valence electrons. The Bertz CT molecular complexity index is 435. The van der Waals surface area contributed by atoms with Gasteiger partial charge in [0.15, 0.2) is 0 Å². The monoisotopic (exact) mass is 184 g/mol. The minimum absolute atomic E-state index is 0.987. The molecule has 0 radical (unpaired) electrons. The highest BCUT2D eigenvalue weighted by molar-refractivity contribution is 5.58. The summed E-state index contributed by atoms with van der Waals surface area (Å²) in [5, 5.41) is 0. The molecular formula is C12H12N2. The summed E-state index contributed by atoms with van der Waals surface area (Å²) in [7, 11) is 0. The van der Waals surface area contributed by atoms with Gasteiger partial charge in [-0.25, -0.2) is 0 Å². The highest BCUT2D eigenvalue weighted by Gasteiger charge is 2.00. The quantitative estimate of drug-likeness (QED) is 0.681. The van der Waals surface area contributed by atoms with Crippen molar-refractivity contribution in [2.45, 2.75) is 13.8 Å². The molecule has 0 amide bonds. The Morgan fingerprint density at radius 1 is 1.07 bits per heavy atom. The molecule has 0 aliphatic rings. The number of hydrogen-bond donors (Lipinski definition) is 0. The van der Waals surface area contributed by atoms with E-state index in [1.54, 1.807) is 6.20 Å². The first kappa shape index (κ1) is 8.88. The number of aromatic nitrogens is 2. The highest BCUT2D eigenvalue weighted by Crippen LogP contribution is 2.17. The largest absolute Gasteiger partial charge is 0.264 e. The zero-order valence-corrected chi connectivity index (χ0v) is 8.36. The number of hydrogen-bond acceptors (Lipinski definition) is 2. The van der Waals surface area contributed by atoms with Crippen LogP contribution in [0.15, 0.2) is 36.8 Å². The Balaban J connectivity index is 2.48. The molecule has 0 saturated carbocycles. The van der Waals surface area contributed by atoms with Crippen LogP contribution >= 0.6 is 0 Å². The lowest BCUT2D eigenvalue weighted by Gasteiger charge is -2.03. The number of nitrogens with zero attached hydrogens (tertiary/aromatic N) is 2. The summed E-state index contributed by atoms with van der Waals surface area (Å²) in [6.45, 7) is 4.16. The van der Waals surface area contributed by atoms with Gasteiger partial charge < -0.3 is 0 Å². The van der Waals surface area contributed by atoms with Gasteiger partial charge in [-0.1, -0.05) is 0 Å². The smallest absolute Gasteiger partial charge is 0.0720 e. The van der Waals surface area contributed by atoms with Crippen LogP contribution in [0, 0.1) is 13.8 Å². The number of aryl methyl sites for hydroxylation is 2. The lowest BCUT2D eigenvalue weighted by atomic mass is 10.1. The molecule has 0 saturated heterocycles. The van der Waals surface area contributed by atoms with E-state index < -0.39 is 0 Å². The maximum Gasteiger partial charge on any atom is 0.0720 e. The van der Waals surface area contributed by atoms with Crippen LogP contribution in [-0.2, 0) is 0 Å². The Hall–Kier alpha value is -1.70. The maximum absolute atomic E-state index is 4.37. The third-order valence-corrected chi connectivity index (χ3v) is 2.33. The van der Waals surface area contributed by atoms with Crippen LogP contribution in [0.25, 0.3) is 11.3 Å².